The van der Waals surface area contributed by atoms with Gasteiger partial charge < -0.3 is 11.1 Å². The standard InChI is InChI=1S/C11H17N3O3S/c1-8(12)7-13-18(16,17)11-5-3-10(4-6-11)14-9(2)15/h3-6,8,13H,7,12H2,1-2H3,(H,14,15). The molecular weight excluding hydrogens is 254 g/mol. The third-order valence-electron chi connectivity index (χ3n) is 2.08. The van der Waals surface area contributed by atoms with E-state index in [4.69, 9.17) is 5.73 Å². The Labute approximate surface area is 107 Å². The summed E-state index contributed by atoms with van der Waals surface area (Å²) in [5, 5.41) is 2.56. The van der Waals surface area contributed by atoms with Crippen LogP contribution in [0.15, 0.2) is 29.2 Å². The number of sulfonamides is 1. The molecule has 0 aromatic heterocycles. The molecule has 0 heterocycles. The lowest BCUT2D eigenvalue weighted by atomic mass is 10.3. The molecule has 1 unspecified atom stereocenters. The van der Waals surface area contributed by atoms with Crippen molar-refractivity contribution in [2.75, 3.05) is 11.9 Å². The van der Waals surface area contributed by atoms with Gasteiger partial charge in [-0.15, -0.1) is 0 Å². The van der Waals surface area contributed by atoms with E-state index in [0.717, 1.165) is 0 Å². The zero-order valence-corrected chi connectivity index (χ0v) is 11.1. The minimum absolute atomic E-state index is 0.136. The van der Waals surface area contributed by atoms with Crippen LogP contribution in [0.3, 0.4) is 0 Å². The second kappa shape index (κ2) is 5.94. The van der Waals surface area contributed by atoms with Crippen molar-refractivity contribution in [1.82, 2.24) is 4.72 Å². The van der Waals surface area contributed by atoms with Crippen molar-refractivity contribution in [2.24, 2.45) is 5.73 Å². The number of carbonyl (C=O) groups is 1. The van der Waals surface area contributed by atoms with Gasteiger partial charge in [0.25, 0.3) is 0 Å². The summed E-state index contributed by atoms with van der Waals surface area (Å²) >= 11 is 0. The molecule has 1 atom stereocenters. The van der Waals surface area contributed by atoms with Crippen LogP contribution in [0.4, 0.5) is 5.69 Å². The average Bonchev–Trinajstić information content (AvgIpc) is 2.26. The van der Waals surface area contributed by atoms with Crippen LogP contribution in [0.25, 0.3) is 0 Å². The van der Waals surface area contributed by atoms with Crippen LogP contribution in [0.5, 0.6) is 0 Å². The predicted molar refractivity (Wildman–Crippen MR) is 69.6 cm³/mol. The molecule has 0 aliphatic rings. The van der Waals surface area contributed by atoms with Crippen molar-refractivity contribution in [3.63, 3.8) is 0 Å². The normalized spacial score (nSPS) is 13.1. The molecule has 1 aromatic carbocycles. The van der Waals surface area contributed by atoms with E-state index in [-0.39, 0.29) is 23.4 Å². The fraction of sp³-hybridized carbons (Fsp3) is 0.364. The highest BCUT2D eigenvalue weighted by molar-refractivity contribution is 7.89. The van der Waals surface area contributed by atoms with Gasteiger partial charge in [-0.1, -0.05) is 0 Å². The van der Waals surface area contributed by atoms with Gasteiger partial charge >= 0.3 is 0 Å². The monoisotopic (exact) mass is 271 g/mol. The maximum atomic E-state index is 11.8. The van der Waals surface area contributed by atoms with Gasteiger partial charge in [0.15, 0.2) is 0 Å². The van der Waals surface area contributed by atoms with Gasteiger partial charge in [0.05, 0.1) is 4.90 Å². The van der Waals surface area contributed by atoms with Crippen LogP contribution in [-0.4, -0.2) is 26.9 Å². The van der Waals surface area contributed by atoms with Crippen LogP contribution in [0.2, 0.25) is 0 Å². The Morgan fingerprint density at radius 2 is 1.89 bits per heavy atom. The Bertz CT molecular complexity index is 509. The maximum absolute atomic E-state index is 11.8. The van der Waals surface area contributed by atoms with Crippen LogP contribution in [-0.2, 0) is 14.8 Å². The Morgan fingerprint density at radius 1 is 1.33 bits per heavy atom. The third-order valence-corrected chi connectivity index (χ3v) is 3.52. The Hall–Kier alpha value is -1.44. The van der Waals surface area contributed by atoms with E-state index in [9.17, 15) is 13.2 Å². The van der Waals surface area contributed by atoms with Crippen molar-refractivity contribution >= 4 is 21.6 Å². The smallest absolute Gasteiger partial charge is 0.240 e. The summed E-state index contributed by atoms with van der Waals surface area (Å²) in [5.74, 6) is -0.208. The average molecular weight is 271 g/mol. The number of carbonyl (C=O) groups excluding carboxylic acids is 1. The predicted octanol–water partition coefficient (Wildman–Crippen LogP) is 0.271. The highest BCUT2D eigenvalue weighted by Gasteiger charge is 2.13. The SMILES string of the molecule is CC(=O)Nc1ccc(S(=O)(=O)NCC(C)N)cc1. The summed E-state index contributed by atoms with van der Waals surface area (Å²) in [6.07, 6.45) is 0. The fourth-order valence-corrected chi connectivity index (χ4v) is 2.39. The number of nitrogens with one attached hydrogen (secondary N) is 2. The van der Waals surface area contributed by atoms with E-state index in [1.807, 2.05) is 0 Å². The Morgan fingerprint density at radius 3 is 2.33 bits per heavy atom. The van der Waals surface area contributed by atoms with Crippen LogP contribution in [0.1, 0.15) is 13.8 Å². The van der Waals surface area contributed by atoms with Gasteiger partial charge in [0.2, 0.25) is 15.9 Å². The first kappa shape index (κ1) is 14.6. The first-order valence-corrected chi connectivity index (χ1v) is 6.92. The summed E-state index contributed by atoms with van der Waals surface area (Å²) < 4.78 is 26.0. The Balaban J connectivity index is 2.81. The number of hydrogen-bond acceptors (Lipinski definition) is 4. The number of anilines is 1. The van der Waals surface area contributed by atoms with Crippen molar-refractivity contribution in [1.29, 1.82) is 0 Å². The van der Waals surface area contributed by atoms with E-state index in [1.54, 1.807) is 6.92 Å². The molecule has 0 spiro atoms. The molecular formula is C11H17N3O3S. The lowest BCUT2D eigenvalue weighted by molar-refractivity contribution is -0.114. The lowest BCUT2D eigenvalue weighted by Crippen LogP contribution is -2.35. The molecule has 6 nitrogen and oxygen atoms in total. The largest absolute Gasteiger partial charge is 0.327 e. The number of rotatable bonds is 5. The van der Waals surface area contributed by atoms with Gasteiger partial charge in [0, 0.05) is 25.2 Å². The van der Waals surface area contributed by atoms with Gasteiger partial charge in [-0.2, -0.15) is 0 Å². The maximum Gasteiger partial charge on any atom is 0.240 e. The molecule has 0 fully saturated rings. The van der Waals surface area contributed by atoms with E-state index < -0.39 is 10.0 Å². The second-order valence-electron chi connectivity index (χ2n) is 4.03. The van der Waals surface area contributed by atoms with Crippen LogP contribution >= 0.6 is 0 Å². The first-order valence-electron chi connectivity index (χ1n) is 5.44. The van der Waals surface area contributed by atoms with Gasteiger partial charge in [-0.3, -0.25) is 4.79 Å². The molecule has 0 radical (unpaired) electrons. The topological polar surface area (TPSA) is 101 Å². The summed E-state index contributed by atoms with van der Waals surface area (Å²) in [6, 6.07) is 5.66. The molecule has 7 heteroatoms. The molecule has 4 N–H and O–H groups in total. The van der Waals surface area contributed by atoms with Crippen LogP contribution in [0, 0.1) is 0 Å². The minimum atomic E-state index is -3.54. The fourth-order valence-electron chi connectivity index (χ4n) is 1.25. The van der Waals surface area contributed by atoms with E-state index in [2.05, 4.69) is 10.0 Å². The van der Waals surface area contributed by atoms with Crippen molar-refractivity contribution < 1.29 is 13.2 Å². The quantitative estimate of drug-likeness (QED) is 0.715. The minimum Gasteiger partial charge on any atom is -0.327 e. The molecule has 0 saturated carbocycles. The third kappa shape index (κ3) is 4.44. The molecule has 18 heavy (non-hydrogen) atoms. The van der Waals surface area contributed by atoms with E-state index in [0.29, 0.717) is 5.69 Å². The van der Waals surface area contributed by atoms with Gasteiger partial charge in [0.1, 0.15) is 0 Å². The van der Waals surface area contributed by atoms with Crippen molar-refractivity contribution in [2.45, 2.75) is 24.8 Å². The summed E-state index contributed by atoms with van der Waals surface area (Å²) in [6.45, 7) is 3.27. The zero-order valence-electron chi connectivity index (χ0n) is 10.3. The number of nitrogens with two attached hydrogens (primary N) is 1. The number of benzene rings is 1. The lowest BCUT2D eigenvalue weighted by Gasteiger charge is -2.09. The van der Waals surface area contributed by atoms with Gasteiger partial charge in [-0.05, 0) is 31.2 Å². The van der Waals surface area contributed by atoms with Gasteiger partial charge in [-0.25, -0.2) is 13.1 Å². The van der Waals surface area contributed by atoms with Crippen molar-refractivity contribution in [3.05, 3.63) is 24.3 Å². The van der Waals surface area contributed by atoms with Crippen LogP contribution < -0.4 is 15.8 Å². The first-order chi connectivity index (χ1) is 8.31. The molecule has 0 bridgehead atoms. The molecule has 100 valence electrons. The van der Waals surface area contributed by atoms with E-state index in [1.165, 1.54) is 31.2 Å². The second-order valence-corrected chi connectivity index (χ2v) is 5.80. The molecule has 1 aromatic rings. The summed E-state index contributed by atoms with van der Waals surface area (Å²) in [7, 11) is -3.54. The summed E-state index contributed by atoms with van der Waals surface area (Å²) in [4.78, 5) is 11.0. The highest BCUT2D eigenvalue weighted by Crippen LogP contribution is 2.13. The molecule has 1 rings (SSSR count). The molecule has 1 amide bonds. The molecule has 0 saturated heterocycles. The molecule has 0 aliphatic carbocycles. The van der Waals surface area contributed by atoms with E-state index >= 15 is 0 Å². The number of hydrogen-bond donors (Lipinski definition) is 3. The number of amides is 1. The summed E-state index contributed by atoms with van der Waals surface area (Å²) in [5.41, 5.74) is 6.03. The molecule has 0 aliphatic heterocycles. The zero-order chi connectivity index (χ0) is 13.8. The Kier molecular flexibility index (Phi) is 4.83. The van der Waals surface area contributed by atoms with Crippen molar-refractivity contribution in [3.8, 4) is 0 Å². The highest BCUT2D eigenvalue weighted by atomic mass is 32.2.